The number of nitrogens with zero attached hydrogens (tertiary/aromatic N) is 2. The summed E-state index contributed by atoms with van der Waals surface area (Å²) in [4.78, 5) is 5.49. The Kier molecular flexibility index (Phi) is 11.3. The van der Waals surface area contributed by atoms with Crippen LogP contribution in [0.3, 0.4) is 0 Å². The van der Waals surface area contributed by atoms with Crippen LogP contribution in [0.2, 0.25) is 19.6 Å². The van der Waals surface area contributed by atoms with E-state index in [0.29, 0.717) is 0 Å². The van der Waals surface area contributed by atoms with Gasteiger partial charge in [-0.1, -0.05) is 191 Å². The van der Waals surface area contributed by atoms with Crippen molar-refractivity contribution in [1.82, 2.24) is 0 Å². The molecule has 0 spiro atoms. The van der Waals surface area contributed by atoms with Crippen molar-refractivity contribution in [2.45, 2.75) is 201 Å². The van der Waals surface area contributed by atoms with Crippen molar-refractivity contribution in [2.24, 2.45) is 0 Å². The molecule has 2 aliphatic carbocycles. The van der Waals surface area contributed by atoms with Gasteiger partial charge in [0.25, 0.3) is 6.71 Å². The molecule has 0 saturated heterocycles. The summed E-state index contributed by atoms with van der Waals surface area (Å²) in [5, 5.41) is 2.89. The summed E-state index contributed by atoms with van der Waals surface area (Å²) >= 11 is 2.08. The Bertz CT molecular complexity index is 3430. The average Bonchev–Trinajstić information content (AvgIpc) is 3.68. The van der Waals surface area contributed by atoms with E-state index >= 15 is 0 Å². The van der Waals surface area contributed by atoms with Gasteiger partial charge in [-0.2, -0.15) is 0 Å². The third-order valence-electron chi connectivity index (χ3n) is 18.6. The van der Waals surface area contributed by atoms with Gasteiger partial charge in [0, 0.05) is 43.2 Å². The van der Waals surface area contributed by atoms with E-state index in [-0.39, 0.29) is 44.6 Å². The Morgan fingerprint density at radius 3 is 1.49 bits per heavy atom. The molecular weight excluding hydrogens is 928 g/mol. The zero-order chi connectivity index (χ0) is 53.4. The zero-order valence-electron chi connectivity index (χ0n) is 49.0. The molecule has 384 valence electrons. The van der Waals surface area contributed by atoms with Crippen LogP contribution >= 0.6 is 11.3 Å². The molecule has 0 radical (unpaired) electrons. The maximum atomic E-state index is 2.76. The number of anilines is 6. The molecule has 0 amide bonds. The Morgan fingerprint density at radius 2 is 0.959 bits per heavy atom. The largest absolute Gasteiger partial charge is 0.311 e. The fourth-order valence-electron chi connectivity index (χ4n) is 13.2. The minimum Gasteiger partial charge on any atom is -0.311 e. The van der Waals surface area contributed by atoms with Gasteiger partial charge < -0.3 is 9.80 Å². The molecule has 11 rings (SSSR count). The van der Waals surface area contributed by atoms with Crippen LogP contribution in [0.5, 0.6) is 0 Å². The van der Waals surface area contributed by atoms with E-state index in [1.165, 1.54) is 141 Å². The SMILES string of the molecule is CC(C)(C)c1ccc(N2c3cc(C(C)(C)C)cc4c3B(c3cc5c(cc3N4c3ccc(C(C)(C)C)cc3-c3ccc([Si](C)(C)C)cc3)C(C)(C)CCC5(C)C)c3sc4cc5c(cc4c32)C(C)(C)CCC5(C)C)cc1. The molecule has 7 aromatic rings. The minimum absolute atomic E-state index is 0.0271. The Morgan fingerprint density at radius 1 is 0.473 bits per heavy atom. The first-order valence-electron chi connectivity index (χ1n) is 28.1. The van der Waals surface area contributed by atoms with Gasteiger partial charge in [-0.3, -0.25) is 0 Å². The predicted molar refractivity (Wildman–Crippen MR) is 331 cm³/mol. The molecule has 1 aromatic heterocycles. The Labute approximate surface area is 452 Å². The lowest BCUT2D eigenvalue weighted by Crippen LogP contribution is -2.61. The van der Waals surface area contributed by atoms with E-state index < -0.39 is 8.07 Å². The standard InChI is InChI=1S/C69H85BN2SSi/c1-63(2,3)43-23-26-46(27-24-43)71-57-36-45(65(7,8)9)37-58-60(57)70(62-61(71)49-38-50-53(41-59(49)73-62)69(16,17)34-31-66(50,10)11)54-39-51-52(68(14,15)33-32-67(51,12)13)40-56(54)72(58)55-30-25-44(64(4,5)6)35-48(55)42-21-28-47(29-22-42)74(18,19)20/h21-30,35-41H,31-34H2,1-20H3. The molecule has 4 aliphatic rings. The summed E-state index contributed by atoms with van der Waals surface area (Å²) in [6.45, 7) is 48.8. The van der Waals surface area contributed by atoms with Crippen molar-refractivity contribution in [3.05, 3.63) is 142 Å². The highest BCUT2D eigenvalue weighted by atomic mass is 32.1. The summed E-state index contributed by atoms with van der Waals surface area (Å²) in [6, 6.07) is 42.8. The monoisotopic (exact) mass is 1010 g/mol. The van der Waals surface area contributed by atoms with Crippen LogP contribution in [0.1, 0.15) is 182 Å². The third-order valence-corrected chi connectivity index (χ3v) is 21.9. The molecule has 0 atom stereocenters. The first-order chi connectivity index (χ1) is 34.2. The normalized spacial score (nSPS) is 18.4. The summed E-state index contributed by atoms with van der Waals surface area (Å²) in [5.41, 5.74) is 23.5. The van der Waals surface area contributed by atoms with Gasteiger partial charge in [0.2, 0.25) is 0 Å². The van der Waals surface area contributed by atoms with Gasteiger partial charge in [0.05, 0.1) is 19.4 Å². The molecule has 5 heteroatoms. The van der Waals surface area contributed by atoms with Gasteiger partial charge in [-0.25, -0.2) is 0 Å². The van der Waals surface area contributed by atoms with E-state index in [2.05, 4.69) is 262 Å². The fourth-order valence-corrected chi connectivity index (χ4v) is 15.8. The maximum Gasteiger partial charge on any atom is 0.264 e. The van der Waals surface area contributed by atoms with E-state index in [0.717, 1.165) is 0 Å². The summed E-state index contributed by atoms with van der Waals surface area (Å²) in [6.07, 6.45) is 4.73. The molecule has 74 heavy (non-hydrogen) atoms. The number of fused-ring (bicyclic) bond motifs is 8. The van der Waals surface area contributed by atoms with Crippen molar-refractivity contribution < 1.29 is 0 Å². The van der Waals surface area contributed by atoms with Gasteiger partial charge in [-0.15, -0.1) is 11.3 Å². The topological polar surface area (TPSA) is 6.48 Å². The molecular formula is C69H85BN2SSi. The van der Waals surface area contributed by atoms with Crippen LogP contribution in [0.15, 0.2) is 103 Å². The first-order valence-corrected chi connectivity index (χ1v) is 32.4. The second kappa shape index (κ2) is 16.3. The highest BCUT2D eigenvalue weighted by Crippen LogP contribution is 2.55. The minimum atomic E-state index is -1.54. The third kappa shape index (κ3) is 8.13. The molecule has 0 unspecified atom stereocenters. The van der Waals surface area contributed by atoms with Crippen molar-refractivity contribution in [3.63, 3.8) is 0 Å². The molecule has 2 aliphatic heterocycles. The molecule has 2 nitrogen and oxygen atoms in total. The number of benzene rings is 6. The van der Waals surface area contributed by atoms with Gasteiger partial charge in [-0.05, 0) is 174 Å². The van der Waals surface area contributed by atoms with Crippen LogP contribution in [0.4, 0.5) is 34.1 Å². The highest BCUT2D eigenvalue weighted by Gasteiger charge is 2.49. The Hall–Kier alpha value is -4.84. The Balaban J connectivity index is 1.31. The molecule has 3 heterocycles. The lowest BCUT2D eigenvalue weighted by Gasteiger charge is -2.47. The smallest absolute Gasteiger partial charge is 0.264 e. The summed E-state index contributed by atoms with van der Waals surface area (Å²) in [7, 11) is -1.54. The quantitative estimate of drug-likeness (QED) is 0.162. The predicted octanol–water partition coefficient (Wildman–Crippen LogP) is 17.8. The summed E-state index contributed by atoms with van der Waals surface area (Å²) in [5.74, 6) is 0. The maximum absolute atomic E-state index is 2.76. The van der Waals surface area contributed by atoms with Crippen molar-refractivity contribution in [3.8, 4) is 11.1 Å². The second-order valence-electron chi connectivity index (χ2n) is 30.1. The van der Waals surface area contributed by atoms with Crippen LogP contribution in [0.25, 0.3) is 21.2 Å². The lowest BCUT2D eigenvalue weighted by atomic mass is 9.35. The van der Waals surface area contributed by atoms with Crippen LogP contribution in [0, 0.1) is 0 Å². The number of thiophene rings is 1. The van der Waals surface area contributed by atoms with E-state index in [4.69, 9.17) is 0 Å². The van der Waals surface area contributed by atoms with Crippen LogP contribution in [-0.4, -0.2) is 14.8 Å². The molecule has 0 N–H and O–H groups in total. The zero-order valence-corrected chi connectivity index (χ0v) is 50.8. The first kappa shape index (κ1) is 51.3. The molecule has 6 aromatic carbocycles. The summed E-state index contributed by atoms with van der Waals surface area (Å²) < 4.78 is 2.88. The fraction of sp³-hybridized carbons (Fsp3) is 0.449. The highest BCUT2D eigenvalue weighted by molar-refractivity contribution is 7.33. The molecule has 0 saturated carbocycles. The average molecular weight is 1010 g/mol. The number of rotatable bonds is 4. The lowest BCUT2D eigenvalue weighted by molar-refractivity contribution is 0.332. The van der Waals surface area contributed by atoms with Crippen LogP contribution < -0.4 is 30.7 Å². The molecule has 0 fully saturated rings. The number of hydrogen-bond acceptors (Lipinski definition) is 3. The van der Waals surface area contributed by atoms with Crippen LogP contribution in [-0.2, 0) is 37.9 Å². The van der Waals surface area contributed by atoms with Crippen molar-refractivity contribution in [1.29, 1.82) is 0 Å². The second-order valence-corrected chi connectivity index (χ2v) is 36.3. The van der Waals surface area contributed by atoms with E-state index in [1.54, 1.807) is 0 Å². The van der Waals surface area contributed by atoms with Crippen molar-refractivity contribution in [2.75, 3.05) is 9.80 Å². The van der Waals surface area contributed by atoms with Gasteiger partial charge in [0.15, 0.2) is 0 Å². The molecule has 0 bridgehead atoms. The van der Waals surface area contributed by atoms with Gasteiger partial charge >= 0.3 is 0 Å². The number of hydrogen-bond donors (Lipinski definition) is 0. The van der Waals surface area contributed by atoms with Crippen molar-refractivity contribution >= 4 is 91.2 Å². The van der Waals surface area contributed by atoms with E-state index in [9.17, 15) is 0 Å². The van der Waals surface area contributed by atoms with Gasteiger partial charge in [0.1, 0.15) is 0 Å². The van der Waals surface area contributed by atoms with E-state index in [1.807, 2.05) is 0 Å².